The third kappa shape index (κ3) is 2.88. The van der Waals surface area contributed by atoms with E-state index >= 15 is 0 Å². The third-order valence-electron chi connectivity index (χ3n) is 4.87. The summed E-state index contributed by atoms with van der Waals surface area (Å²) in [5.74, 6) is 1.78. The number of nitrogens with zero attached hydrogens (tertiary/aromatic N) is 3. The smallest absolute Gasteiger partial charge is 0.160 e. The van der Waals surface area contributed by atoms with Gasteiger partial charge in [-0.3, -0.25) is 0 Å². The minimum absolute atomic E-state index is 0.556. The van der Waals surface area contributed by atoms with E-state index in [2.05, 4.69) is 20.9 Å². The van der Waals surface area contributed by atoms with Crippen LogP contribution in [0, 0.1) is 5.92 Å². The van der Waals surface area contributed by atoms with Crippen molar-refractivity contribution in [3.63, 3.8) is 0 Å². The van der Waals surface area contributed by atoms with Crippen molar-refractivity contribution >= 4 is 11.2 Å². The van der Waals surface area contributed by atoms with Crippen LogP contribution in [0.15, 0.2) is 18.3 Å². The minimum atomic E-state index is 0.556. The normalized spacial score (nSPS) is 25.8. The van der Waals surface area contributed by atoms with Gasteiger partial charge in [0.25, 0.3) is 0 Å². The van der Waals surface area contributed by atoms with Crippen LogP contribution in [0.1, 0.15) is 31.5 Å². The highest BCUT2D eigenvalue weighted by Gasteiger charge is 2.22. The molecule has 2 aromatic heterocycles. The van der Waals surface area contributed by atoms with Gasteiger partial charge in [-0.2, -0.15) is 0 Å². The summed E-state index contributed by atoms with van der Waals surface area (Å²) in [7, 11) is 0. The van der Waals surface area contributed by atoms with Gasteiger partial charge >= 0.3 is 0 Å². The lowest BCUT2D eigenvalue weighted by Gasteiger charge is -2.22. The molecule has 22 heavy (non-hydrogen) atoms. The Labute approximate surface area is 131 Å². The highest BCUT2D eigenvalue weighted by Crippen LogP contribution is 2.22. The number of imidazole rings is 1. The summed E-state index contributed by atoms with van der Waals surface area (Å²) in [5, 5.41) is 3.59. The molecule has 0 bridgehead atoms. The molecule has 4 rings (SSSR count). The zero-order valence-corrected chi connectivity index (χ0v) is 13.0. The summed E-state index contributed by atoms with van der Waals surface area (Å²) in [6, 6.07) is 4.60. The number of aromatic nitrogens is 3. The minimum Gasteiger partial charge on any atom is -0.381 e. The molecule has 0 aliphatic carbocycles. The molecule has 5 heteroatoms. The SMILES string of the molecule is c1cnc2c(c1)nc(CC1CCCOC1)n2CC1CCCN1. The molecular weight excluding hydrogens is 276 g/mol. The zero-order chi connectivity index (χ0) is 14.8. The second-order valence-electron chi connectivity index (χ2n) is 6.57. The Kier molecular flexibility index (Phi) is 4.08. The Morgan fingerprint density at radius 2 is 2.32 bits per heavy atom. The first-order valence-corrected chi connectivity index (χ1v) is 8.51. The number of nitrogens with one attached hydrogen (secondary N) is 1. The van der Waals surface area contributed by atoms with Gasteiger partial charge in [-0.1, -0.05) is 0 Å². The van der Waals surface area contributed by atoms with Gasteiger partial charge in [0.15, 0.2) is 5.65 Å². The van der Waals surface area contributed by atoms with Gasteiger partial charge in [-0.25, -0.2) is 9.97 Å². The van der Waals surface area contributed by atoms with Gasteiger partial charge in [0, 0.05) is 38.4 Å². The maximum absolute atomic E-state index is 5.64. The van der Waals surface area contributed by atoms with Crippen LogP contribution in [-0.2, 0) is 17.7 Å². The van der Waals surface area contributed by atoms with Gasteiger partial charge in [-0.15, -0.1) is 0 Å². The Hall–Kier alpha value is -1.46. The molecule has 1 N–H and O–H groups in total. The Balaban J connectivity index is 1.62. The molecule has 0 saturated carbocycles. The average molecular weight is 300 g/mol. The largest absolute Gasteiger partial charge is 0.381 e. The standard InChI is InChI=1S/C17H24N4O/c1-5-14(18-7-1)11-21-16(10-13-4-3-9-22-12-13)20-15-6-2-8-19-17(15)21/h2,6,8,13-14,18H,1,3-5,7,9-12H2. The fourth-order valence-electron chi connectivity index (χ4n) is 3.71. The van der Waals surface area contributed by atoms with Crippen LogP contribution in [0.2, 0.25) is 0 Å². The van der Waals surface area contributed by atoms with Gasteiger partial charge in [0.05, 0.1) is 0 Å². The van der Waals surface area contributed by atoms with Crippen LogP contribution in [0.3, 0.4) is 0 Å². The second-order valence-corrected chi connectivity index (χ2v) is 6.57. The van der Waals surface area contributed by atoms with Crippen molar-refractivity contribution in [3.8, 4) is 0 Å². The molecule has 2 aromatic rings. The van der Waals surface area contributed by atoms with Crippen LogP contribution in [0.25, 0.3) is 11.2 Å². The van der Waals surface area contributed by atoms with Gasteiger partial charge < -0.3 is 14.6 Å². The lowest BCUT2D eigenvalue weighted by Crippen LogP contribution is -2.28. The van der Waals surface area contributed by atoms with E-state index in [1.807, 2.05) is 12.3 Å². The molecule has 2 atom stereocenters. The predicted molar refractivity (Wildman–Crippen MR) is 85.8 cm³/mol. The summed E-state index contributed by atoms with van der Waals surface area (Å²) >= 11 is 0. The first-order valence-electron chi connectivity index (χ1n) is 8.51. The lowest BCUT2D eigenvalue weighted by molar-refractivity contribution is 0.0540. The van der Waals surface area contributed by atoms with Crippen LogP contribution in [0.4, 0.5) is 0 Å². The highest BCUT2D eigenvalue weighted by molar-refractivity contribution is 5.71. The summed E-state index contributed by atoms with van der Waals surface area (Å²) in [4.78, 5) is 9.44. The fourth-order valence-corrected chi connectivity index (χ4v) is 3.71. The molecule has 2 unspecified atom stereocenters. The van der Waals surface area contributed by atoms with Crippen molar-refractivity contribution in [1.29, 1.82) is 0 Å². The Morgan fingerprint density at radius 1 is 1.32 bits per heavy atom. The van der Waals surface area contributed by atoms with E-state index in [0.29, 0.717) is 12.0 Å². The molecule has 2 fully saturated rings. The number of hydrogen-bond acceptors (Lipinski definition) is 4. The van der Waals surface area contributed by atoms with Crippen LogP contribution >= 0.6 is 0 Å². The summed E-state index contributed by atoms with van der Waals surface area (Å²) in [5.41, 5.74) is 2.05. The lowest BCUT2D eigenvalue weighted by atomic mass is 9.98. The van der Waals surface area contributed by atoms with Crippen molar-refractivity contribution in [2.75, 3.05) is 19.8 Å². The maximum atomic E-state index is 5.64. The quantitative estimate of drug-likeness (QED) is 0.940. The molecule has 0 spiro atoms. The summed E-state index contributed by atoms with van der Waals surface area (Å²) in [6.07, 6.45) is 7.82. The molecule has 5 nitrogen and oxygen atoms in total. The van der Waals surface area contributed by atoms with Gasteiger partial charge in [0.2, 0.25) is 0 Å². The number of rotatable bonds is 4. The van der Waals surface area contributed by atoms with E-state index in [1.54, 1.807) is 0 Å². The zero-order valence-electron chi connectivity index (χ0n) is 13.0. The summed E-state index contributed by atoms with van der Waals surface area (Å²) in [6.45, 7) is 3.91. The molecule has 118 valence electrons. The monoisotopic (exact) mass is 300 g/mol. The Bertz CT molecular complexity index is 627. The molecule has 2 aliphatic heterocycles. The van der Waals surface area contributed by atoms with E-state index in [4.69, 9.17) is 9.72 Å². The molecule has 2 aliphatic rings. The van der Waals surface area contributed by atoms with Crippen molar-refractivity contribution in [3.05, 3.63) is 24.2 Å². The van der Waals surface area contributed by atoms with Gasteiger partial charge in [0.1, 0.15) is 11.3 Å². The molecule has 0 amide bonds. The molecule has 0 radical (unpaired) electrons. The first kappa shape index (κ1) is 14.2. The second kappa shape index (κ2) is 6.34. The van der Waals surface area contributed by atoms with Crippen LogP contribution in [0.5, 0.6) is 0 Å². The van der Waals surface area contributed by atoms with Crippen molar-refractivity contribution < 1.29 is 4.74 Å². The highest BCUT2D eigenvalue weighted by atomic mass is 16.5. The van der Waals surface area contributed by atoms with E-state index in [1.165, 1.54) is 31.5 Å². The van der Waals surface area contributed by atoms with Crippen LogP contribution < -0.4 is 5.32 Å². The topological polar surface area (TPSA) is 52.0 Å². The predicted octanol–water partition coefficient (Wildman–Crippen LogP) is 2.15. The number of fused-ring (bicyclic) bond motifs is 1. The van der Waals surface area contributed by atoms with E-state index < -0.39 is 0 Å². The van der Waals surface area contributed by atoms with Crippen molar-refractivity contribution in [1.82, 2.24) is 19.9 Å². The summed E-state index contributed by atoms with van der Waals surface area (Å²) < 4.78 is 7.98. The molecule has 0 aromatic carbocycles. The molecular formula is C17H24N4O. The molecule has 4 heterocycles. The molecule has 2 saturated heterocycles. The van der Waals surface area contributed by atoms with Gasteiger partial charge in [-0.05, 0) is 50.3 Å². The average Bonchev–Trinajstić information content (AvgIpc) is 3.18. The number of ether oxygens (including phenoxy) is 1. The number of hydrogen-bond donors (Lipinski definition) is 1. The van der Waals surface area contributed by atoms with Crippen LogP contribution in [-0.4, -0.2) is 40.3 Å². The number of pyridine rings is 1. The Morgan fingerprint density at radius 3 is 3.14 bits per heavy atom. The first-order chi connectivity index (χ1) is 10.9. The third-order valence-corrected chi connectivity index (χ3v) is 4.87. The fraction of sp³-hybridized carbons (Fsp3) is 0.647. The van der Waals surface area contributed by atoms with Crippen molar-refractivity contribution in [2.45, 2.75) is 44.7 Å². The van der Waals surface area contributed by atoms with E-state index in [-0.39, 0.29) is 0 Å². The maximum Gasteiger partial charge on any atom is 0.160 e. The van der Waals surface area contributed by atoms with E-state index in [0.717, 1.165) is 43.9 Å². The van der Waals surface area contributed by atoms with E-state index in [9.17, 15) is 0 Å². The van der Waals surface area contributed by atoms with Crippen molar-refractivity contribution in [2.24, 2.45) is 5.92 Å².